The molecule has 0 bridgehead atoms. The fourth-order valence-corrected chi connectivity index (χ4v) is 3.75. The Morgan fingerprint density at radius 2 is 1.70 bits per heavy atom. The van der Waals surface area contributed by atoms with Gasteiger partial charge in [0, 0.05) is 12.6 Å². The molecule has 2 rings (SSSR count). The largest absolute Gasteiger partial charge is 0.493 e. The van der Waals surface area contributed by atoms with Gasteiger partial charge in [-0.15, -0.1) is 0 Å². The predicted molar refractivity (Wildman–Crippen MR) is 107 cm³/mol. The Morgan fingerprint density at radius 1 is 1.07 bits per heavy atom. The summed E-state index contributed by atoms with van der Waals surface area (Å²) in [5.74, 6) is 1.67. The van der Waals surface area contributed by atoms with Crippen LogP contribution in [-0.2, 0) is 11.2 Å². The first-order valence-corrected chi connectivity index (χ1v) is 9.84. The van der Waals surface area contributed by atoms with Crippen LogP contribution in [0.4, 0.5) is 0 Å². The zero-order valence-electron chi connectivity index (χ0n) is 17.2. The van der Waals surface area contributed by atoms with Crippen molar-refractivity contribution in [2.45, 2.75) is 51.0 Å². The fraction of sp³-hybridized carbons (Fsp3) is 0.667. The average Bonchev–Trinajstić information content (AvgIpc) is 2.70. The lowest BCUT2D eigenvalue weighted by molar-refractivity contribution is -0.120. The van der Waals surface area contributed by atoms with E-state index in [4.69, 9.17) is 14.2 Å². The smallest absolute Gasteiger partial charge is 0.224 e. The van der Waals surface area contributed by atoms with E-state index in [1.54, 1.807) is 21.3 Å². The highest BCUT2D eigenvalue weighted by Gasteiger charge is 2.18. The van der Waals surface area contributed by atoms with Crippen LogP contribution in [0.1, 0.15) is 44.1 Å². The van der Waals surface area contributed by atoms with Gasteiger partial charge in [-0.3, -0.25) is 4.79 Å². The van der Waals surface area contributed by atoms with E-state index >= 15 is 0 Å². The highest BCUT2D eigenvalue weighted by molar-refractivity contribution is 5.79. The molecule has 1 aromatic carbocycles. The zero-order chi connectivity index (χ0) is 19.6. The van der Waals surface area contributed by atoms with Crippen molar-refractivity contribution >= 4 is 5.91 Å². The van der Waals surface area contributed by atoms with Crippen LogP contribution in [0, 0.1) is 0 Å². The van der Waals surface area contributed by atoms with Crippen molar-refractivity contribution in [3.8, 4) is 17.2 Å². The van der Waals surface area contributed by atoms with Gasteiger partial charge in [0.25, 0.3) is 0 Å². The number of methoxy groups -OCH3 is 3. The lowest BCUT2D eigenvalue weighted by Gasteiger charge is -2.31. The number of nitrogens with zero attached hydrogens (tertiary/aromatic N) is 1. The molecule has 1 aliphatic carbocycles. The highest BCUT2D eigenvalue weighted by Crippen LogP contribution is 2.38. The number of carbonyl (C=O) groups excluding carboxylic acids is 1. The van der Waals surface area contributed by atoms with Crippen molar-refractivity contribution in [2.24, 2.45) is 0 Å². The van der Waals surface area contributed by atoms with Crippen LogP contribution in [0.2, 0.25) is 0 Å². The molecule has 1 aliphatic rings. The predicted octanol–water partition coefficient (Wildman–Crippen LogP) is 3.03. The van der Waals surface area contributed by atoms with E-state index in [0.717, 1.165) is 18.5 Å². The van der Waals surface area contributed by atoms with Crippen LogP contribution in [0.3, 0.4) is 0 Å². The minimum atomic E-state index is 0.00425. The lowest BCUT2D eigenvalue weighted by atomic mass is 9.94. The van der Waals surface area contributed by atoms with E-state index in [2.05, 4.69) is 17.3 Å². The van der Waals surface area contributed by atoms with Gasteiger partial charge in [-0.2, -0.15) is 0 Å². The molecule has 1 fully saturated rings. The minimum absolute atomic E-state index is 0.00425. The summed E-state index contributed by atoms with van der Waals surface area (Å²) in [5.41, 5.74) is 0.835. The molecule has 1 aromatic rings. The molecule has 1 N–H and O–H groups in total. The maximum atomic E-state index is 12.3. The van der Waals surface area contributed by atoms with Crippen molar-refractivity contribution in [2.75, 3.05) is 41.5 Å². The number of nitrogens with one attached hydrogen (secondary N) is 1. The molecule has 0 atom stereocenters. The summed E-state index contributed by atoms with van der Waals surface area (Å²) in [6.45, 7) is 1.72. The van der Waals surface area contributed by atoms with Crippen LogP contribution in [-0.4, -0.2) is 58.3 Å². The SMILES string of the molecule is COc1cc(CC(=O)NCCCN(C)C2CCCCC2)cc(OC)c1OC. The first-order valence-electron chi connectivity index (χ1n) is 9.84. The Morgan fingerprint density at radius 3 is 2.26 bits per heavy atom. The van der Waals surface area contributed by atoms with E-state index in [-0.39, 0.29) is 12.3 Å². The van der Waals surface area contributed by atoms with Crippen molar-refractivity contribution in [3.05, 3.63) is 17.7 Å². The van der Waals surface area contributed by atoms with E-state index in [9.17, 15) is 4.79 Å². The number of carbonyl (C=O) groups is 1. The number of ether oxygens (including phenoxy) is 3. The van der Waals surface area contributed by atoms with Crippen molar-refractivity contribution < 1.29 is 19.0 Å². The molecule has 0 spiro atoms. The first-order chi connectivity index (χ1) is 13.1. The second-order valence-electron chi connectivity index (χ2n) is 7.19. The highest BCUT2D eigenvalue weighted by atomic mass is 16.5. The number of benzene rings is 1. The summed E-state index contributed by atoms with van der Waals surface area (Å²) in [7, 11) is 6.92. The molecule has 6 nitrogen and oxygen atoms in total. The monoisotopic (exact) mass is 378 g/mol. The van der Waals surface area contributed by atoms with Gasteiger partial charge in [0.1, 0.15) is 0 Å². The molecule has 6 heteroatoms. The fourth-order valence-electron chi connectivity index (χ4n) is 3.75. The number of rotatable bonds is 10. The second kappa shape index (κ2) is 11.0. The van der Waals surface area contributed by atoms with Gasteiger partial charge in [-0.25, -0.2) is 0 Å². The number of hydrogen-bond acceptors (Lipinski definition) is 5. The van der Waals surface area contributed by atoms with Crippen LogP contribution in [0.15, 0.2) is 12.1 Å². The van der Waals surface area contributed by atoms with Crippen LogP contribution in [0.25, 0.3) is 0 Å². The maximum absolute atomic E-state index is 12.3. The Labute approximate surface area is 163 Å². The van der Waals surface area contributed by atoms with Crippen molar-refractivity contribution in [3.63, 3.8) is 0 Å². The van der Waals surface area contributed by atoms with E-state index in [0.29, 0.717) is 29.8 Å². The molecule has 1 saturated carbocycles. The standard InChI is InChI=1S/C21H34N2O4/c1-23(17-9-6-5-7-10-17)12-8-11-22-20(24)15-16-13-18(25-2)21(27-4)19(14-16)26-3/h13-14,17H,5-12,15H2,1-4H3,(H,22,24). The first kappa shape index (κ1) is 21.4. The third kappa shape index (κ3) is 6.31. The van der Waals surface area contributed by atoms with Crippen LogP contribution < -0.4 is 19.5 Å². The van der Waals surface area contributed by atoms with Crippen LogP contribution >= 0.6 is 0 Å². The Hall–Kier alpha value is -1.95. The summed E-state index contributed by atoms with van der Waals surface area (Å²) in [5, 5.41) is 3.01. The van der Waals surface area contributed by atoms with Crippen molar-refractivity contribution in [1.82, 2.24) is 10.2 Å². The molecule has 0 radical (unpaired) electrons. The number of hydrogen-bond donors (Lipinski definition) is 1. The normalized spacial score (nSPS) is 14.9. The van der Waals surface area contributed by atoms with Gasteiger partial charge in [0.05, 0.1) is 27.8 Å². The average molecular weight is 379 g/mol. The summed E-state index contributed by atoms with van der Waals surface area (Å²) >= 11 is 0. The summed E-state index contributed by atoms with van der Waals surface area (Å²) in [6.07, 6.45) is 7.94. The molecule has 1 amide bonds. The Balaban J connectivity index is 1.78. The second-order valence-corrected chi connectivity index (χ2v) is 7.19. The molecular weight excluding hydrogens is 344 g/mol. The van der Waals surface area contributed by atoms with Gasteiger partial charge in [-0.1, -0.05) is 19.3 Å². The van der Waals surface area contributed by atoms with E-state index in [1.165, 1.54) is 32.1 Å². The summed E-state index contributed by atoms with van der Waals surface area (Å²) in [6, 6.07) is 4.35. The van der Waals surface area contributed by atoms with E-state index < -0.39 is 0 Å². The molecule has 0 aliphatic heterocycles. The Kier molecular flexibility index (Phi) is 8.72. The Bertz CT molecular complexity index is 575. The molecule has 0 unspecified atom stereocenters. The van der Waals surface area contributed by atoms with Gasteiger partial charge in [-0.05, 0) is 50.6 Å². The van der Waals surface area contributed by atoms with Crippen molar-refractivity contribution in [1.29, 1.82) is 0 Å². The molecular formula is C21H34N2O4. The van der Waals surface area contributed by atoms with E-state index in [1.807, 2.05) is 12.1 Å². The molecule has 0 aromatic heterocycles. The van der Waals surface area contributed by atoms with Gasteiger partial charge < -0.3 is 24.4 Å². The number of amides is 1. The zero-order valence-corrected chi connectivity index (χ0v) is 17.2. The molecule has 27 heavy (non-hydrogen) atoms. The van der Waals surface area contributed by atoms with Gasteiger partial charge >= 0.3 is 0 Å². The minimum Gasteiger partial charge on any atom is -0.493 e. The molecule has 0 saturated heterocycles. The lowest BCUT2D eigenvalue weighted by Crippen LogP contribution is -2.36. The van der Waals surface area contributed by atoms with Crippen LogP contribution in [0.5, 0.6) is 17.2 Å². The van der Waals surface area contributed by atoms with Gasteiger partial charge in [0.15, 0.2) is 11.5 Å². The van der Waals surface area contributed by atoms with Gasteiger partial charge in [0.2, 0.25) is 11.7 Å². The summed E-state index contributed by atoms with van der Waals surface area (Å²) in [4.78, 5) is 14.7. The molecule has 152 valence electrons. The molecule has 0 heterocycles. The third-order valence-electron chi connectivity index (χ3n) is 5.30. The maximum Gasteiger partial charge on any atom is 0.224 e. The summed E-state index contributed by atoms with van der Waals surface area (Å²) < 4.78 is 16.0. The topological polar surface area (TPSA) is 60.0 Å². The quantitative estimate of drug-likeness (QED) is 0.634. The third-order valence-corrected chi connectivity index (χ3v) is 5.30.